The summed E-state index contributed by atoms with van der Waals surface area (Å²) in [6.45, 7) is 4.58. The van der Waals surface area contributed by atoms with Crippen LogP contribution < -0.4 is 4.74 Å². The first-order valence-electron chi connectivity index (χ1n) is 5.92. The first-order chi connectivity index (χ1) is 7.63. The molecule has 1 aliphatic carbocycles. The smallest absolute Gasteiger partial charge is 0.214 e. The summed E-state index contributed by atoms with van der Waals surface area (Å²) in [6, 6.07) is 5.51. The van der Waals surface area contributed by atoms with E-state index in [9.17, 15) is 0 Å². The van der Waals surface area contributed by atoms with Crippen molar-refractivity contribution in [2.75, 3.05) is 0 Å². The zero-order valence-electron chi connectivity index (χ0n) is 9.82. The number of rotatable bonds is 2. The molecule has 1 aliphatic rings. The Morgan fingerprint density at radius 3 is 2.50 bits per heavy atom. The molecule has 0 spiro atoms. The van der Waals surface area contributed by atoms with Gasteiger partial charge in [-0.3, -0.25) is 0 Å². The summed E-state index contributed by atoms with van der Waals surface area (Å²) in [7, 11) is 0. The Hall–Kier alpha value is -0.760. The van der Waals surface area contributed by atoms with Gasteiger partial charge in [-0.1, -0.05) is 31.5 Å². The number of aromatic nitrogens is 1. The maximum atomic E-state index is 5.88. The summed E-state index contributed by atoms with van der Waals surface area (Å²) in [6.07, 6.45) is 3.85. The van der Waals surface area contributed by atoms with Crippen LogP contribution >= 0.6 is 11.6 Å². The second-order valence-electron chi connectivity index (χ2n) is 4.96. The van der Waals surface area contributed by atoms with Crippen LogP contribution in [0.25, 0.3) is 0 Å². The monoisotopic (exact) mass is 239 g/mol. The van der Waals surface area contributed by atoms with E-state index in [-0.39, 0.29) is 0 Å². The molecule has 0 amide bonds. The van der Waals surface area contributed by atoms with Gasteiger partial charge in [0.25, 0.3) is 0 Å². The average Bonchev–Trinajstić information content (AvgIpc) is 2.15. The Bertz CT molecular complexity index is 346. The Balaban J connectivity index is 1.98. The van der Waals surface area contributed by atoms with E-state index in [2.05, 4.69) is 18.8 Å². The number of hydrogen-bond acceptors (Lipinski definition) is 2. The van der Waals surface area contributed by atoms with Crippen molar-refractivity contribution in [3.8, 4) is 5.88 Å². The largest absolute Gasteiger partial charge is 0.474 e. The van der Waals surface area contributed by atoms with Crippen molar-refractivity contribution in [2.24, 2.45) is 11.8 Å². The minimum absolute atomic E-state index is 0.296. The van der Waals surface area contributed by atoms with E-state index >= 15 is 0 Å². The minimum atomic E-state index is 0.296. The molecular weight excluding hydrogens is 222 g/mol. The van der Waals surface area contributed by atoms with Crippen molar-refractivity contribution in [3.05, 3.63) is 23.4 Å². The highest BCUT2D eigenvalue weighted by Crippen LogP contribution is 2.30. The van der Waals surface area contributed by atoms with Gasteiger partial charge < -0.3 is 4.74 Å². The van der Waals surface area contributed by atoms with E-state index in [0.29, 0.717) is 17.1 Å². The second kappa shape index (κ2) is 5.05. The van der Waals surface area contributed by atoms with Crippen LogP contribution in [-0.4, -0.2) is 11.1 Å². The van der Waals surface area contributed by atoms with Crippen LogP contribution in [0.1, 0.15) is 33.1 Å². The van der Waals surface area contributed by atoms with Crippen molar-refractivity contribution in [2.45, 2.75) is 39.2 Å². The molecule has 0 aliphatic heterocycles. The molecule has 1 saturated carbocycles. The summed E-state index contributed by atoms with van der Waals surface area (Å²) in [5, 5.41) is 0.495. The number of halogens is 1. The molecule has 0 aromatic carbocycles. The van der Waals surface area contributed by atoms with Gasteiger partial charge in [-0.05, 0) is 37.2 Å². The first-order valence-corrected chi connectivity index (χ1v) is 6.30. The zero-order chi connectivity index (χ0) is 11.5. The van der Waals surface area contributed by atoms with Crippen LogP contribution in [0.4, 0.5) is 0 Å². The molecule has 2 nitrogen and oxygen atoms in total. The van der Waals surface area contributed by atoms with Gasteiger partial charge in [0.2, 0.25) is 5.88 Å². The lowest BCUT2D eigenvalue weighted by Gasteiger charge is -2.31. The molecular formula is C13H18ClNO. The average molecular weight is 240 g/mol. The molecule has 1 aromatic heterocycles. The van der Waals surface area contributed by atoms with E-state index in [1.165, 1.54) is 6.42 Å². The van der Waals surface area contributed by atoms with Gasteiger partial charge in [0.05, 0.1) is 0 Å². The third kappa shape index (κ3) is 3.11. The highest BCUT2D eigenvalue weighted by molar-refractivity contribution is 6.29. The standard InChI is InChI=1S/C13H18ClNO/c1-9-6-10(2)8-11(7-9)16-13-5-3-4-12(14)15-13/h3-5,9-11H,6-8H2,1-2H3. The molecule has 0 bridgehead atoms. The molecule has 2 unspecified atom stereocenters. The lowest BCUT2D eigenvalue weighted by atomic mass is 9.82. The predicted octanol–water partition coefficient (Wildman–Crippen LogP) is 3.94. The summed E-state index contributed by atoms with van der Waals surface area (Å²) < 4.78 is 5.88. The Labute approximate surface area is 102 Å². The molecule has 0 radical (unpaired) electrons. The normalized spacial score (nSPS) is 30.1. The summed E-state index contributed by atoms with van der Waals surface area (Å²) in [4.78, 5) is 4.16. The van der Waals surface area contributed by atoms with Crippen molar-refractivity contribution in [1.82, 2.24) is 4.98 Å². The maximum Gasteiger partial charge on any atom is 0.214 e. The van der Waals surface area contributed by atoms with Gasteiger partial charge in [0, 0.05) is 6.07 Å². The Morgan fingerprint density at radius 2 is 1.88 bits per heavy atom. The topological polar surface area (TPSA) is 22.1 Å². The molecule has 3 heteroatoms. The highest BCUT2D eigenvalue weighted by atomic mass is 35.5. The third-order valence-electron chi connectivity index (χ3n) is 3.11. The van der Waals surface area contributed by atoms with Crippen molar-refractivity contribution in [3.63, 3.8) is 0 Å². The van der Waals surface area contributed by atoms with Crippen molar-refractivity contribution >= 4 is 11.6 Å². The highest BCUT2D eigenvalue weighted by Gasteiger charge is 2.25. The SMILES string of the molecule is CC1CC(C)CC(Oc2cccc(Cl)n2)C1. The van der Waals surface area contributed by atoms with E-state index in [1.54, 1.807) is 6.07 Å². The van der Waals surface area contributed by atoms with Gasteiger partial charge in [-0.2, -0.15) is 0 Å². The summed E-state index contributed by atoms with van der Waals surface area (Å²) in [5.74, 6) is 2.14. The fourth-order valence-electron chi connectivity index (χ4n) is 2.60. The van der Waals surface area contributed by atoms with Crippen LogP contribution in [0.5, 0.6) is 5.88 Å². The molecule has 2 rings (SSSR count). The fourth-order valence-corrected chi connectivity index (χ4v) is 2.75. The Kier molecular flexibility index (Phi) is 3.70. The molecule has 1 heterocycles. The van der Waals surface area contributed by atoms with E-state index in [0.717, 1.165) is 24.7 Å². The van der Waals surface area contributed by atoms with Gasteiger partial charge in [0.1, 0.15) is 11.3 Å². The van der Waals surface area contributed by atoms with Crippen molar-refractivity contribution < 1.29 is 4.74 Å². The van der Waals surface area contributed by atoms with Crippen LogP contribution in [-0.2, 0) is 0 Å². The number of nitrogens with zero attached hydrogens (tertiary/aromatic N) is 1. The lowest BCUT2D eigenvalue weighted by molar-refractivity contribution is 0.0967. The van der Waals surface area contributed by atoms with Crippen LogP contribution in [0.15, 0.2) is 18.2 Å². The van der Waals surface area contributed by atoms with E-state index in [1.807, 2.05) is 12.1 Å². The molecule has 16 heavy (non-hydrogen) atoms. The minimum Gasteiger partial charge on any atom is -0.474 e. The zero-order valence-corrected chi connectivity index (χ0v) is 10.6. The number of hydrogen-bond donors (Lipinski definition) is 0. The van der Waals surface area contributed by atoms with Crippen LogP contribution in [0, 0.1) is 11.8 Å². The molecule has 0 N–H and O–H groups in total. The van der Waals surface area contributed by atoms with Gasteiger partial charge in [-0.15, -0.1) is 0 Å². The molecule has 88 valence electrons. The lowest BCUT2D eigenvalue weighted by Crippen LogP contribution is -2.28. The number of pyridine rings is 1. The van der Waals surface area contributed by atoms with Gasteiger partial charge >= 0.3 is 0 Å². The first kappa shape index (κ1) is 11.7. The summed E-state index contributed by atoms with van der Waals surface area (Å²) >= 11 is 5.83. The quantitative estimate of drug-likeness (QED) is 0.730. The maximum absolute atomic E-state index is 5.88. The third-order valence-corrected chi connectivity index (χ3v) is 3.32. The molecule has 1 fully saturated rings. The van der Waals surface area contributed by atoms with Crippen LogP contribution in [0.3, 0.4) is 0 Å². The molecule has 1 aromatic rings. The molecule has 2 atom stereocenters. The number of ether oxygens (including phenoxy) is 1. The van der Waals surface area contributed by atoms with Gasteiger partial charge in [-0.25, -0.2) is 4.98 Å². The molecule has 0 saturated heterocycles. The predicted molar refractivity (Wildman–Crippen MR) is 65.8 cm³/mol. The van der Waals surface area contributed by atoms with E-state index < -0.39 is 0 Å². The van der Waals surface area contributed by atoms with Gasteiger partial charge in [0.15, 0.2) is 0 Å². The van der Waals surface area contributed by atoms with Crippen molar-refractivity contribution in [1.29, 1.82) is 0 Å². The summed E-state index contributed by atoms with van der Waals surface area (Å²) in [5.41, 5.74) is 0. The van der Waals surface area contributed by atoms with Crippen LogP contribution in [0.2, 0.25) is 5.15 Å². The second-order valence-corrected chi connectivity index (χ2v) is 5.34. The van der Waals surface area contributed by atoms with E-state index in [4.69, 9.17) is 16.3 Å². The Morgan fingerprint density at radius 1 is 1.19 bits per heavy atom. The fraction of sp³-hybridized carbons (Fsp3) is 0.615.